The minimum atomic E-state index is 0.185. The maximum Gasteiger partial charge on any atom is 0.234 e. The Balaban J connectivity index is 1.38. The van der Waals surface area contributed by atoms with Crippen LogP contribution >= 0.6 is 0 Å². The van der Waals surface area contributed by atoms with Gasteiger partial charge in [-0.3, -0.25) is 4.99 Å². The molecule has 2 heterocycles. The van der Waals surface area contributed by atoms with E-state index in [1.54, 1.807) is 0 Å². The van der Waals surface area contributed by atoms with Gasteiger partial charge in [-0.25, -0.2) is 0 Å². The summed E-state index contributed by atoms with van der Waals surface area (Å²) >= 11 is 0. The predicted molar refractivity (Wildman–Crippen MR) is 183 cm³/mol. The summed E-state index contributed by atoms with van der Waals surface area (Å²) in [7, 11) is 7.29. The largest absolute Gasteiger partial charge is 0.400 e. The topological polar surface area (TPSA) is 17.3 Å². The van der Waals surface area contributed by atoms with Crippen LogP contribution in [0.15, 0.2) is 47.1 Å². The molecule has 1 aliphatic heterocycles. The van der Waals surface area contributed by atoms with Crippen LogP contribution < -0.4 is 0 Å². The highest BCUT2D eigenvalue weighted by Gasteiger charge is 2.48. The van der Waals surface area contributed by atoms with Gasteiger partial charge in [0.1, 0.15) is 0 Å². The van der Waals surface area contributed by atoms with E-state index in [2.05, 4.69) is 89.4 Å². The van der Waals surface area contributed by atoms with Crippen molar-refractivity contribution < 1.29 is 0 Å². The van der Waals surface area contributed by atoms with Crippen molar-refractivity contribution >= 4 is 19.3 Å². The number of hydrogen-bond donors (Lipinski definition) is 0. The van der Waals surface area contributed by atoms with Crippen LogP contribution in [0.1, 0.15) is 126 Å². The number of hydrogen-bond acceptors (Lipinski definition) is 1. The first-order chi connectivity index (χ1) is 20.4. The number of benzene rings is 1. The molecule has 0 saturated heterocycles. The summed E-state index contributed by atoms with van der Waals surface area (Å²) in [6.45, 7) is 16.6. The molecule has 4 aliphatic carbocycles. The molecule has 43 heavy (non-hydrogen) atoms. The van der Waals surface area contributed by atoms with E-state index in [1.165, 1.54) is 103 Å². The van der Waals surface area contributed by atoms with Crippen molar-refractivity contribution in [2.75, 3.05) is 0 Å². The molecule has 4 atom stereocenters. The van der Waals surface area contributed by atoms with E-state index in [0.29, 0.717) is 0 Å². The highest BCUT2D eigenvalue weighted by Crippen LogP contribution is 2.56. The molecule has 0 N–H and O–H groups in total. The smallest absolute Gasteiger partial charge is 0.234 e. The maximum absolute atomic E-state index is 7.29. The molecule has 1 aromatic carbocycles. The maximum atomic E-state index is 7.29. The number of nitrogens with zero attached hydrogens (tertiary/aromatic N) is 2. The van der Waals surface area contributed by atoms with E-state index < -0.39 is 0 Å². The van der Waals surface area contributed by atoms with Crippen molar-refractivity contribution in [2.45, 2.75) is 118 Å². The highest BCUT2D eigenvalue weighted by atomic mass is 14.9. The lowest BCUT2D eigenvalue weighted by atomic mass is 9.55. The minimum Gasteiger partial charge on any atom is -0.400 e. The van der Waals surface area contributed by atoms with Crippen LogP contribution in [0.25, 0.3) is 5.57 Å². The Morgan fingerprint density at radius 1 is 0.721 bits per heavy atom. The van der Waals surface area contributed by atoms with Crippen LogP contribution in [-0.4, -0.2) is 18.2 Å². The summed E-state index contributed by atoms with van der Waals surface area (Å²) in [5.74, 6) is 4.74. The van der Waals surface area contributed by atoms with E-state index in [-0.39, 0.29) is 10.8 Å². The molecule has 4 unspecified atom stereocenters. The first-order valence-corrected chi connectivity index (χ1v) is 17.5. The molecular formula is C40H53BN2. The monoisotopic (exact) mass is 572 g/mol. The summed E-state index contributed by atoms with van der Waals surface area (Å²) in [6, 6.07) is 9.39. The van der Waals surface area contributed by atoms with Crippen molar-refractivity contribution in [2.24, 2.45) is 45.9 Å². The number of fused-ring (bicyclic) bond motifs is 4. The highest BCUT2D eigenvalue weighted by molar-refractivity contribution is 6.10. The van der Waals surface area contributed by atoms with Gasteiger partial charge in [-0.1, -0.05) is 45.4 Å². The Morgan fingerprint density at radius 3 is 1.79 bits per heavy atom. The van der Waals surface area contributed by atoms with Gasteiger partial charge in [0, 0.05) is 33.5 Å². The van der Waals surface area contributed by atoms with Crippen molar-refractivity contribution in [1.29, 1.82) is 0 Å². The quantitative estimate of drug-likeness (QED) is 0.325. The Hall–Kier alpha value is -2.29. The summed E-state index contributed by atoms with van der Waals surface area (Å²) in [6.07, 6.45) is 17.9. The second-order valence-corrected chi connectivity index (χ2v) is 16.7. The van der Waals surface area contributed by atoms with Gasteiger partial charge >= 0.3 is 0 Å². The molecule has 3 heteroatoms. The number of aromatic nitrogens is 1. The normalized spacial score (nSPS) is 38.3. The number of aryl methyl sites for hydroxylation is 3. The summed E-state index contributed by atoms with van der Waals surface area (Å²) in [5, 5.41) is 0. The van der Waals surface area contributed by atoms with Gasteiger partial charge in [0.25, 0.3) is 0 Å². The minimum absolute atomic E-state index is 0.185. The third kappa shape index (κ3) is 5.05. The second kappa shape index (κ2) is 10.7. The molecule has 5 aliphatic rings. The van der Waals surface area contributed by atoms with E-state index >= 15 is 0 Å². The van der Waals surface area contributed by atoms with Crippen LogP contribution in [-0.2, 0) is 5.41 Å². The standard InChI is InChI=1S/C40H53BN2/c1-24-12-29(6)37(30(7)13-24)38(33-8-10-35(42-33)39-18-25(2)14-31(22-39)15-26(3)19-39)34-9-11-36(43(34)41)40-20-27(4)16-32(23-40)17-28(5)21-40/h8-13,25-28,31-32H,14-23H2,1-7H3/b38-33+. The first kappa shape index (κ1) is 29.4. The van der Waals surface area contributed by atoms with E-state index in [9.17, 15) is 0 Å². The molecule has 4 bridgehead atoms. The van der Waals surface area contributed by atoms with Gasteiger partial charge in [-0.15, -0.1) is 0 Å². The van der Waals surface area contributed by atoms with E-state index in [4.69, 9.17) is 13.0 Å². The summed E-state index contributed by atoms with van der Waals surface area (Å²) in [5.41, 5.74) is 11.8. The molecule has 2 aromatic rings. The van der Waals surface area contributed by atoms with Crippen molar-refractivity contribution in [3.8, 4) is 0 Å². The third-order valence-electron chi connectivity index (χ3n) is 12.3. The molecule has 226 valence electrons. The molecule has 0 amide bonds. The fraction of sp³-hybridized carbons (Fsp3) is 0.625. The molecule has 4 fully saturated rings. The first-order valence-electron chi connectivity index (χ1n) is 17.5. The summed E-state index contributed by atoms with van der Waals surface area (Å²) < 4.78 is 2.11. The fourth-order valence-electron chi connectivity index (χ4n) is 11.9. The molecular weight excluding hydrogens is 519 g/mol. The molecule has 2 nitrogen and oxygen atoms in total. The van der Waals surface area contributed by atoms with Crippen LogP contribution in [0, 0.1) is 61.7 Å². The zero-order valence-electron chi connectivity index (χ0n) is 28.0. The molecule has 2 radical (unpaired) electrons. The van der Waals surface area contributed by atoms with Crippen molar-refractivity contribution in [1.82, 2.24) is 4.48 Å². The van der Waals surface area contributed by atoms with Gasteiger partial charge in [-0.2, -0.15) is 0 Å². The van der Waals surface area contributed by atoms with Crippen LogP contribution in [0.2, 0.25) is 0 Å². The third-order valence-corrected chi connectivity index (χ3v) is 12.3. The van der Waals surface area contributed by atoms with E-state index in [1.807, 2.05) is 0 Å². The average molecular weight is 573 g/mol. The van der Waals surface area contributed by atoms with Crippen LogP contribution in [0.3, 0.4) is 0 Å². The number of allylic oxidation sites excluding steroid dienone is 2. The van der Waals surface area contributed by atoms with Crippen LogP contribution in [0.4, 0.5) is 0 Å². The molecule has 1 aromatic heterocycles. The fourth-order valence-corrected chi connectivity index (χ4v) is 11.9. The lowest BCUT2D eigenvalue weighted by molar-refractivity contribution is 0.0710. The number of aliphatic imine (C=N–C) groups is 1. The van der Waals surface area contributed by atoms with Gasteiger partial charge in [0.15, 0.2) is 0 Å². The average Bonchev–Trinajstić information content (AvgIpc) is 3.52. The molecule has 4 saturated carbocycles. The zero-order valence-corrected chi connectivity index (χ0v) is 28.0. The van der Waals surface area contributed by atoms with Gasteiger partial charge in [-0.05, 0) is 161 Å². The van der Waals surface area contributed by atoms with Crippen molar-refractivity contribution in [3.63, 3.8) is 0 Å². The SMILES string of the molecule is [B]n1c(/C(=C2/C=CC(C34CC(C)CC(CC(C)C3)C4)=N2)c2c(C)cc(C)cc2C)ccc1C12CC(C)CC(CC(C)C1)C2. The second-order valence-electron chi connectivity index (χ2n) is 16.7. The van der Waals surface area contributed by atoms with Gasteiger partial charge < -0.3 is 4.48 Å². The lowest BCUT2D eigenvalue weighted by Gasteiger charge is -2.50. The molecule has 0 spiro atoms. The van der Waals surface area contributed by atoms with Crippen LogP contribution in [0.5, 0.6) is 0 Å². The Kier molecular flexibility index (Phi) is 7.30. The summed E-state index contributed by atoms with van der Waals surface area (Å²) in [4.78, 5) is 5.61. The Labute approximate surface area is 263 Å². The Bertz CT molecular complexity index is 1450. The Morgan fingerprint density at radius 2 is 1.23 bits per heavy atom. The zero-order chi connectivity index (χ0) is 30.3. The molecule has 7 rings (SSSR count). The van der Waals surface area contributed by atoms with Gasteiger partial charge in [0.05, 0.1) is 5.70 Å². The number of rotatable bonds is 4. The lowest BCUT2D eigenvalue weighted by Crippen LogP contribution is -2.43. The van der Waals surface area contributed by atoms with Crippen molar-refractivity contribution in [3.05, 3.63) is 75.8 Å². The van der Waals surface area contributed by atoms with E-state index in [0.717, 1.165) is 46.9 Å². The van der Waals surface area contributed by atoms with Gasteiger partial charge in [0.2, 0.25) is 7.98 Å². The predicted octanol–water partition coefficient (Wildman–Crippen LogP) is 10.1.